The minimum atomic E-state index is -0.0659. The van der Waals surface area contributed by atoms with E-state index in [2.05, 4.69) is 0 Å². The second-order valence-electron chi connectivity index (χ2n) is 5.90. The number of rotatable bonds is 4. The van der Waals surface area contributed by atoms with Gasteiger partial charge in [0.2, 0.25) is 6.79 Å². The summed E-state index contributed by atoms with van der Waals surface area (Å²) < 4.78 is 21.5. The van der Waals surface area contributed by atoms with Gasteiger partial charge in [0, 0.05) is 18.4 Å². The van der Waals surface area contributed by atoms with Crippen LogP contribution >= 0.6 is 11.8 Å². The van der Waals surface area contributed by atoms with Crippen molar-refractivity contribution in [3.05, 3.63) is 47.5 Å². The lowest BCUT2D eigenvalue weighted by molar-refractivity contribution is 0.0756. The number of ether oxygens (including phenoxy) is 4. The van der Waals surface area contributed by atoms with E-state index in [-0.39, 0.29) is 18.1 Å². The zero-order valence-electron chi connectivity index (χ0n) is 14.6. The molecule has 2 aliphatic heterocycles. The molecule has 1 fully saturated rings. The smallest absolute Gasteiger partial charge is 0.258 e. The van der Waals surface area contributed by atoms with E-state index in [4.69, 9.17) is 18.9 Å². The molecule has 7 heteroatoms. The molecule has 0 bridgehead atoms. The van der Waals surface area contributed by atoms with Crippen LogP contribution < -0.4 is 18.9 Å². The minimum Gasteiger partial charge on any atom is -0.497 e. The van der Waals surface area contributed by atoms with Crippen molar-refractivity contribution in [3.8, 4) is 23.0 Å². The van der Waals surface area contributed by atoms with Crippen molar-refractivity contribution in [2.24, 2.45) is 0 Å². The summed E-state index contributed by atoms with van der Waals surface area (Å²) >= 11 is 1.74. The number of hydrogen-bond acceptors (Lipinski definition) is 6. The van der Waals surface area contributed by atoms with Crippen LogP contribution in [0.1, 0.15) is 21.3 Å². The summed E-state index contributed by atoms with van der Waals surface area (Å²) in [7, 11) is 3.14. The highest BCUT2D eigenvalue weighted by atomic mass is 32.2. The highest BCUT2D eigenvalue weighted by Gasteiger charge is 2.33. The molecule has 0 N–H and O–H groups in total. The zero-order valence-corrected chi connectivity index (χ0v) is 15.4. The van der Waals surface area contributed by atoms with Crippen molar-refractivity contribution in [2.45, 2.75) is 5.37 Å². The molecule has 1 saturated heterocycles. The number of nitrogens with zero attached hydrogens (tertiary/aromatic N) is 1. The summed E-state index contributed by atoms with van der Waals surface area (Å²) in [5, 5.41) is -0.0659. The maximum atomic E-state index is 13.2. The van der Waals surface area contributed by atoms with E-state index in [0.29, 0.717) is 23.6 Å². The fourth-order valence-corrected chi connectivity index (χ4v) is 4.40. The standard InChI is InChI=1S/C19H19NO5S/c1-22-13-4-5-14(16(10-13)23-2)18(21)20-7-8-26-19(20)12-3-6-15-17(9-12)25-11-24-15/h3-6,9-10,19H,7-8,11H2,1-2H3. The third kappa shape index (κ3) is 2.92. The van der Waals surface area contributed by atoms with Gasteiger partial charge in [-0.1, -0.05) is 6.07 Å². The van der Waals surface area contributed by atoms with Crippen molar-refractivity contribution >= 4 is 17.7 Å². The number of carbonyl (C=O) groups is 1. The number of carbonyl (C=O) groups excluding carboxylic acids is 1. The molecule has 4 rings (SSSR count). The Hall–Kier alpha value is -2.54. The monoisotopic (exact) mass is 373 g/mol. The molecule has 0 saturated carbocycles. The van der Waals surface area contributed by atoms with Gasteiger partial charge in [0.15, 0.2) is 11.5 Å². The van der Waals surface area contributed by atoms with Crippen molar-refractivity contribution in [2.75, 3.05) is 33.3 Å². The quantitative estimate of drug-likeness (QED) is 0.820. The van der Waals surface area contributed by atoms with Crippen molar-refractivity contribution in [1.29, 1.82) is 0 Å². The molecule has 26 heavy (non-hydrogen) atoms. The Kier molecular flexibility index (Phi) is 4.55. The van der Waals surface area contributed by atoms with Gasteiger partial charge in [0.05, 0.1) is 19.8 Å². The number of methoxy groups -OCH3 is 2. The molecule has 1 amide bonds. The van der Waals surface area contributed by atoms with E-state index in [1.54, 1.807) is 44.2 Å². The zero-order chi connectivity index (χ0) is 18.1. The second kappa shape index (κ2) is 6.99. The van der Waals surface area contributed by atoms with Gasteiger partial charge < -0.3 is 23.8 Å². The average Bonchev–Trinajstić information content (AvgIpc) is 3.35. The molecular weight excluding hydrogens is 354 g/mol. The molecule has 1 atom stereocenters. The minimum absolute atomic E-state index is 0.0582. The highest BCUT2D eigenvalue weighted by molar-refractivity contribution is 7.99. The van der Waals surface area contributed by atoms with Crippen LogP contribution in [0.2, 0.25) is 0 Å². The maximum Gasteiger partial charge on any atom is 0.258 e. The van der Waals surface area contributed by atoms with Gasteiger partial charge in [-0.25, -0.2) is 0 Å². The van der Waals surface area contributed by atoms with E-state index < -0.39 is 0 Å². The lowest BCUT2D eigenvalue weighted by Crippen LogP contribution is -2.30. The summed E-state index contributed by atoms with van der Waals surface area (Å²) in [4.78, 5) is 15.0. The normalized spacial score (nSPS) is 18.1. The molecule has 0 radical (unpaired) electrons. The maximum absolute atomic E-state index is 13.2. The van der Waals surface area contributed by atoms with Crippen molar-refractivity contribution in [1.82, 2.24) is 4.90 Å². The van der Waals surface area contributed by atoms with E-state index in [0.717, 1.165) is 22.8 Å². The Morgan fingerprint density at radius 1 is 1.12 bits per heavy atom. The third-order valence-electron chi connectivity index (χ3n) is 4.47. The first kappa shape index (κ1) is 16.9. The van der Waals surface area contributed by atoms with Crippen molar-refractivity contribution < 1.29 is 23.7 Å². The largest absolute Gasteiger partial charge is 0.497 e. The van der Waals surface area contributed by atoms with Crippen LogP contribution in [0, 0.1) is 0 Å². The molecule has 2 aromatic carbocycles. The number of hydrogen-bond donors (Lipinski definition) is 0. The molecule has 0 aliphatic carbocycles. The van der Waals surface area contributed by atoms with Crippen LogP contribution in [0.25, 0.3) is 0 Å². The lowest BCUT2D eigenvalue weighted by Gasteiger charge is -2.25. The summed E-state index contributed by atoms with van der Waals surface area (Å²) in [5.74, 6) is 3.45. The van der Waals surface area contributed by atoms with Gasteiger partial charge in [-0.3, -0.25) is 4.79 Å². The van der Waals surface area contributed by atoms with Crippen molar-refractivity contribution in [3.63, 3.8) is 0 Å². The van der Waals surface area contributed by atoms with E-state index in [1.165, 1.54) is 0 Å². The van der Waals surface area contributed by atoms with Gasteiger partial charge in [0.1, 0.15) is 16.9 Å². The summed E-state index contributed by atoms with van der Waals surface area (Å²) in [5.41, 5.74) is 1.55. The van der Waals surface area contributed by atoms with Gasteiger partial charge in [0.25, 0.3) is 5.91 Å². The van der Waals surface area contributed by atoms with Gasteiger partial charge in [-0.05, 0) is 29.8 Å². The third-order valence-corrected chi connectivity index (χ3v) is 5.73. The van der Waals surface area contributed by atoms with Crippen LogP contribution in [-0.2, 0) is 0 Å². The molecular formula is C19H19NO5S. The Morgan fingerprint density at radius 3 is 2.77 bits per heavy atom. The Labute approximate surface area is 156 Å². The predicted molar refractivity (Wildman–Crippen MR) is 98.3 cm³/mol. The number of thioether (sulfide) groups is 1. The molecule has 2 aliphatic rings. The lowest BCUT2D eigenvalue weighted by atomic mass is 10.1. The topological polar surface area (TPSA) is 57.2 Å². The van der Waals surface area contributed by atoms with Crippen LogP contribution in [-0.4, -0.2) is 44.1 Å². The number of fused-ring (bicyclic) bond motifs is 1. The van der Waals surface area contributed by atoms with Gasteiger partial charge >= 0.3 is 0 Å². The Morgan fingerprint density at radius 2 is 1.96 bits per heavy atom. The Balaban J connectivity index is 1.63. The molecule has 0 spiro atoms. The van der Waals surface area contributed by atoms with Gasteiger partial charge in [-0.15, -0.1) is 11.8 Å². The molecule has 2 heterocycles. The highest BCUT2D eigenvalue weighted by Crippen LogP contribution is 2.43. The average molecular weight is 373 g/mol. The van der Waals surface area contributed by atoms with Crippen LogP contribution in [0.4, 0.5) is 0 Å². The van der Waals surface area contributed by atoms with E-state index in [9.17, 15) is 4.79 Å². The summed E-state index contributed by atoms with van der Waals surface area (Å²) in [6, 6.07) is 11.1. The first-order valence-electron chi connectivity index (χ1n) is 8.25. The first-order chi connectivity index (χ1) is 12.7. The Bertz CT molecular complexity index is 841. The molecule has 1 unspecified atom stereocenters. The SMILES string of the molecule is COc1ccc(C(=O)N2CCSC2c2ccc3c(c2)OCO3)c(OC)c1. The van der Waals surface area contributed by atoms with Crippen LogP contribution in [0.3, 0.4) is 0 Å². The summed E-state index contributed by atoms with van der Waals surface area (Å²) in [6.45, 7) is 0.917. The van der Waals surface area contributed by atoms with E-state index in [1.807, 2.05) is 23.1 Å². The fourth-order valence-electron chi connectivity index (χ4n) is 3.15. The number of amides is 1. The second-order valence-corrected chi connectivity index (χ2v) is 7.09. The van der Waals surface area contributed by atoms with E-state index >= 15 is 0 Å². The molecule has 6 nitrogen and oxygen atoms in total. The van der Waals surface area contributed by atoms with Crippen LogP contribution in [0.5, 0.6) is 23.0 Å². The predicted octanol–water partition coefficient (Wildman–Crippen LogP) is 3.32. The molecule has 2 aromatic rings. The van der Waals surface area contributed by atoms with Crippen LogP contribution in [0.15, 0.2) is 36.4 Å². The fraction of sp³-hybridized carbons (Fsp3) is 0.316. The van der Waals surface area contributed by atoms with Gasteiger partial charge in [-0.2, -0.15) is 0 Å². The summed E-state index contributed by atoms with van der Waals surface area (Å²) in [6.07, 6.45) is 0. The molecule has 0 aromatic heterocycles. The molecule has 136 valence electrons. The first-order valence-corrected chi connectivity index (χ1v) is 9.30. The number of benzene rings is 2.